The Balaban J connectivity index is 1.44. The van der Waals surface area contributed by atoms with Crippen molar-refractivity contribution in [3.05, 3.63) is 18.1 Å². The average Bonchev–Trinajstić information content (AvgIpc) is 2.92. The SMILES string of the molecule is O=C(Nc1ccnc(C2CNCCN2)n1)[C@@H]1CC[C@@H]2CN1C(=O)N2OS(=O)(=O)O. The molecule has 0 aliphatic carbocycles. The van der Waals surface area contributed by atoms with Gasteiger partial charge in [0, 0.05) is 32.4 Å². The highest BCUT2D eigenvalue weighted by Gasteiger charge is 2.49. The Morgan fingerprint density at radius 3 is 2.90 bits per heavy atom. The summed E-state index contributed by atoms with van der Waals surface area (Å²) in [6, 6.07) is -0.651. The first kappa shape index (κ1) is 19.9. The molecule has 4 heterocycles. The number of nitrogens with one attached hydrogen (secondary N) is 3. The molecule has 0 spiro atoms. The predicted octanol–water partition coefficient (Wildman–Crippen LogP) is -1.35. The number of anilines is 1. The van der Waals surface area contributed by atoms with Gasteiger partial charge in [0.05, 0.1) is 12.1 Å². The third-order valence-corrected chi connectivity index (χ3v) is 5.43. The summed E-state index contributed by atoms with van der Waals surface area (Å²) in [5.41, 5.74) is 0. The number of carbonyl (C=O) groups excluding carboxylic acids is 2. The third-order valence-electron chi connectivity index (χ3n) is 5.08. The van der Waals surface area contributed by atoms with E-state index in [1.165, 1.54) is 4.90 Å². The summed E-state index contributed by atoms with van der Waals surface area (Å²) in [6.07, 6.45) is 2.22. The van der Waals surface area contributed by atoms with Crippen LogP contribution in [0, 0.1) is 0 Å². The third kappa shape index (κ3) is 4.30. The molecular weight excluding hydrogens is 406 g/mol. The minimum Gasteiger partial charge on any atom is -0.313 e. The molecule has 4 N–H and O–H groups in total. The summed E-state index contributed by atoms with van der Waals surface area (Å²) in [6.45, 7) is 2.44. The van der Waals surface area contributed by atoms with E-state index in [1.54, 1.807) is 12.3 Å². The lowest BCUT2D eigenvalue weighted by Crippen LogP contribution is -2.47. The molecule has 3 atom stereocenters. The number of nitrogens with zero attached hydrogens (tertiary/aromatic N) is 4. The Kier molecular flexibility index (Phi) is 5.35. The van der Waals surface area contributed by atoms with Crippen molar-refractivity contribution < 1.29 is 26.8 Å². The number of amides is 3. The summed E-state index contributed by atoms with van der Waals surface area (Å²) < 4.78 is 35.1. The van der Waals surface area contributed by atoms with E-state index < -0.39 is 34.4 Å². The van der Waals surface area contributed by atoms with Gasteiger partial charge in [-0.2, -0.15) is 13.5 Å². The van der Waals surface area contributed by atoms with E-state index >= 15 is 0 Å². The molecule has 13 nitrogen and oxygen atoms in total. The van der Waals surface area contributed by atoms with Crippen LogP contribution in [0.4, 0.5) is 10.6 Å². The second-order valence-corrected chi connectivity index (χ2v) is 8.01. The molecule has 29 heavy (non-hydrogen) atoms. The molecule has 1 aromatic rings. The van der Waals surface area contributed by atoms with E-state index in [1.807, 2.05) is 0 Å². The van der Waals surface area contributed by atoms with E-state index in [2.05, 4.69) is 30.2 Å². The maximum Gasteiger partial charge on any atom is 0.418 e. The van der Waals surface area contributed by atoms with Gasteiger partial charge in [0.1, 0.15) is 17.7 Å². The lowest BCUT2D eigenvalue weighted by Gasteiger charge is -2.29. The van der Waals surface area contributed by atoms with Crippen LogP contribution >= 0.6 is 0 Å². The van der Waals surface area contributed by atoms with Crippen molar-refractivity contribution >= 4 is 28.2 Å². The summed E-state index contributed by atoms with van der Waals surface area (Å²) >= 11 is 0. The van der Waals surface area contributed by atoms with Crippen LogP contribution in [-0.2, 0) is 19.5 Å². The van der Waals surface area contributed by atoms with Crippen molar-refractivity contribution in [1.82, 2.24) is 30.6 Å². The number of carbonyl (C=O) groups is 2. The number of urea groups is 1. The lowest BCUT2D eigenvalue weighted by atomic mass is 10.0. The Labute approximate surface area is 166 Å². The normalized spacial score (nSPS) is 27.2. The molecule has 3 aliphatic rings. The Morgan fingerprint density at radius 1 is 1.34 bits per heavy atom. The van der Waals surface area contributed by atoms with Gasteiger partial charge in [-0.1, -0.05) is 0 Å². The molecule has 3 saturated heterocycles. The molecule has 0 aromatic carbocycles. The Morgan fingerprint density at radius 2 is 2.17 bits per heavy atom. The lowest BCUT2D eigenvalue weighted by molar-refractivity contribution is -0.120. The minimum absolute atomic E-state index is 0.0673. The highest BCUT2D eigenvalue weighted by atomic mass is 32.3. The minimum atomic E-state index is -4.83. The molecule has 3 aliphatic heterocycles. The van der Waals surface area contributed by atoms with Gasteiger partial charge in [-0.05, 0) is 18.9 Å². The standard InChI is InChI=1S/C15H21N7O6S/c23-14(20-12-3-4-18-13(19-12)10-7-16-5-6-17-10)11-2-1-9-8-21(11)15(24)22(9)28-29(25,26)27/h3-4,9-11,16-17H,1-2,5-8H2,(H,25,26,27)(H,18,19,20,23)/t9-,10?,11+/m1/s1. The fourth-order valence-corrected chi connectivity index (χ4v) is 4.15. The van der Waals surface area contributed by atoms with E-state index in [-0.39, 0.29) is 12.6 Å². The smallest absolute Gasteiger partial charge is 0.313 e. The van der Waals surface area contributed by atoms with Crippen LogP contribution in [0.25, 0.3) is 0 Å². The fourth-order valence-electron chi connectivity index (χ4n) is 3.76. The number of aromatic nitrogens is 2. The average molecular weight is 427 g/mol. The molecular formula is C15H21N7O6S. The first-order valence-electron chi connectivity index (χ1n) is 9.16. The van der Waals surface area contributed by atoms with Gasteiger partial charge in [0.15, 0.2) is 0 Å². The van der Waals surface area contributed by atoms with Crippen molar-refractivity contribution in [2.45, 2.75) is 31.0 Å². The van der Waals surface area contributed by atoms with Crippen LogP contribution in [0.5, 0.6) is 0 Å². The van der Waals surface area contributed by atoms with Crippen LogP contribution in [0.15, 0.2) is 12.3 Å². The molecule has 4 rings (SSSR count). The van der Waals surface area contributed by atoms with Crippen molar-refractivity contribution in [1.29, 1.82) is 0 Å². The van der Waals surface area contributed by atoms with Crippen LogP contribution in [-0.4, -0.2) is 83.1 Å². The number of piperazine rings is 1. The summed E-state index contributed by atoms with van der Waals surface area (Å²) in [5.74, 6) is 0.417. The zero-order chi connectivity index (χ0) is 20.6. The van der Waals surface area contributed by atoms with Gasteiger partial charge in [-0.15, -0.1) is 4.28 Å². The van der Waals surface area contributed by atoms with E-state index in [0.717, 1.165) is 13.1 Å². The van der Waals surface area contributed by atoms with Gasteiger partial charge in [-0.3, -0.25) is 9.35 Å². The Hall–Kier alpha value is -2.39. The van der Waals surface area contributed by atoms with Crippen molar-refractivity contribution in [3.63, 3.8) is 0 Å². The van der Waals surface area contributed by atoms with Crippen molar-refractivity contribution in [2.24, 2.45) is 0 Å². The van der Waals surface area contributed by atoms with Crippen LogP contribution < -0.4 is 16.0 Å². The molecule has 0 saturated carbocycles. The van der Waals surface area contributed by atoms with Crippen LogP contribution in [0.3, 0.4) is 0 Å². The molecule has 1 aromatic heterocycles. The molecule has 14 heteroatoms. The molecule has 1 unspecified atom stereocenters. The summed E-state index contributed by atoms with van der Waals surface area (Å²) in [5, 5.41) is 9.83. The number of piperidine rings is 1. The maximum atomic E-state index is 12.8. The first-order chi connectivity index (χ1) is 13.8. The zero-order valence-electron chi connectivity index (χ0n) is 15.3. The predicted molar refractivity (Wildman–Crippen MR) is 97.7 cm³/mol. The Bertz CT molecular complexity index is 906. The molecule has 3 fully saturated rings. The molecule has 2 bridgehead atoms. The number of fused-ring (bicyclic) bond motifs is 2. The van der Waals surface area contributed by atoms with Gasteiger partial charge >= 0.3 is 16.4 Å². The summed E-state index contributed by atoms with van der Waals surface area (Å²) in [4.78, 5) is 35.0. The van der Waals surface area contributed by atoms with Crippen LogP contribution in [0.1, 0.15) is 24.7 Å². The number of rotatable bonds is 5. The second kappa shape index (κ2) is 7.79. The van der Waals surface area contributed by atoms with E-state index in [9.17, 15) is 18.0 Å². The topological polar surface area (TPSA) is 166 Å². The maximum absolute atomic E-state index is 12.8. The molecule has 158 valence electrons. The van der Waals surface area contributed by atoms with Crippen molar-refractivity contribution in [3.8, 4) is 0 Å². The number of hydrogen-bond acceptors (Lipinski definition) is 9. The highest BCUT2D eigenvalue weighted by molar-refractivity contribution is 7.80. The summed E-state index contributed by atoms with van der Waals surface area (Å²) in [7, 11) is -4.83. The van der Waals surface area contributed by atoms with Gasteiger partial charge in [0.25, 0.3) is 0 Å². The van der Waals surface area contributed by atoms with Gasteiger partial charge in [-0.25, -0.2) is 14.8 Å². The quantitative estimate of drug-likeness (QED) is 0.413. The molecule has 3 amide bonds. The van der Waals surface area contributed by atoms with Crippen LogP contribution in [0.2, 0.25) is 0 Å². The van der Waals surface area contributed by atoms with E-state index in [4.69, 9.17) is 4.55 Å². The van der Waals surface area contributed by atoms with Gasteiger partial charge < -0.3 is 20.9 Å². The first-order valence-corrected chi connectivity index (χ1v) is 10.5. The monoisotopic (exact) mass is 427 g/mol. The fraction of sp³-hybridized carbons (Fsp3) is 0.600. The highest BCUT2D eigenvalue weighted by Crippen LogP contribution is 2.31. The van der Waals surface area contributed by atoms with Crippen molar-refractivity contribution in [2.75, 3.05) is 31.5 Å². The van der Waals surface area contributed by atoms with E-state index in [0.29, 0.717) is 36.1 Å². The van der Waals surface area contributed by atoms with Gasteiger partial charge in [0.2, 0.25) is 5.91 Å². The zero-order valence-corrected chi connectivity index (χ0v) is 16.1. The molecule has 0 radical (unpaired) electrons. The number of hydroxylamine groups is 2. The number of hydrogen-bond donors (Lipinski definition) is 4. The second-order valence-electron chi connectivity index (χ2n) is 7.01. The largest absolute Gasteiger partial charge is 0.418 e.